The molecule has 1 saturated heterocycles. The Labute approximate surface area is 138 Å². The Kier molecular flexibility index (Phi) is 3.86. The Morgan fingerprint density at radius 2 is 2.21 bits per heavy atom. The molecule has 124 valence electrons. The molecule has 1 aliphatic heterocycles. The van der Waals surface area contributed by atoms with Crippen molar-refractivity contribution in [3.05, 3.63) is 53.5 Å². The minimum Gasteiger partial charge on any atom is -0.419 e. The summed E-state index contributed by atoms with van der Waals surface area (Å²) in [5.74, 6) is 1.38. The molecule has 0 radical (unpaired) electrons. The topological polar surface area (TPSA) is 68.2 Å². The second-order valence-corrected chi connectivity index (χ2v) is 6.01. The van der Waals surface area contributed by atoms with Gasteiger partial charge in [0.2, 0.25) is 11.8 Å². The largest absolute Gasteiger partial charge is 0.419 e. The number of rotatable bonds is 4. The summed E-state index contributed by atoms with van der Waals surface area (Å²) in [6, 6.07) is 8.28. The van der Waals surface area contributed by atoms with Crippen LogP contribution in [-0.4, -0.2) is 26.8 Å². The molecule has 0 bridgehead atoms. The average Bonchev–Trinajstić information content (AvgIpc) is 3.28. The monoisotopic (exact) mass is 328 g/mol. The molecule has 0 aliphatic carbocycles. The molecule has 4 rings (SSSR count). The number of halogens is 1. The molecular formula is C17H17FN4O2. The number of nitrogens with zero attached hydrogens (tertiary/aromatic N) is 4. The van der Waals surface area contributed by atoms with Crippen LogP contribution in [0.15, 0.2) is 39.3 Å². The van der Waals surface area contributed by atoms with E-state index < -0.39 is 0 Å². The van der Waals surface area contributed by atoms with Gasteiger partial charge in [-0.2, -0.15) is 0 Å². The molecule has 1 aliphatic rings. The molecule has 0 spiro atoms. The minimum absolute atomic E-state index is 0.177. The van der Waals surface area contributed by atoms with E-state index in [1.165, 1.54) is 12.1 Å². The van der Waals surface area contributed by atoms with E-state index in [2.05, 4.69) is 20.3 Å². The van der Waals surface area contributed by atoms with Gasteiger partial charge in [0.05, 0.1) is 18.3 Å². The average molecular weight is 328 g/mol. The normalized spacial score (nSPS) is 18.3. The predicted molar refractivity (Wildman–Crippen MR) is 83.3 cm³/mol. The van der Waals surface area contributed by atoms with Crippen LogP contribution in [0.3, 0.4) is 0 Å². The van der Waals surface area contributed by atoms with Gasteiger partial charge in [-0.05, 0) is 44.5 Å². The minimum atomic E-state index is -0.326. The number of hydrogen-bond acceptors (Lipinski definition) is 6. The Morgan fingerprint density at radius 3 is 3.00 bits per heavy atom. The molecule has 7 heteroatoms. The van der Waals surface area contributed by atoms with Crippen LogP contribution in [0.2, 0.25) is 0 Å². The number of hydrogen-bond donors (Lipinski definition) is 0. The van der Waals surface area contributed by atoms with Crippen LogP contribution in [0.1, 0.15) is 36.2 Å². The fourth-order valence-corrected chi connectivity index (χ4v) is 3.11. The van der Waals surface area contributed by atoms with E-state index in [-0.39, 0.29) is 11.9 Å². The third-order valence-electron chi connectivity index (χ3n) is 4.22. The summed E-state index contributed by atoms with van der Waals surface area (Å²) in [6.45, 7) is 3.38. The van der Waals surface area contributed by atoms with E-state index in [1.54, 1.807) is 12.1 Å². The Hall–Kier alpha value is -2.54. The van der Waals surface area contributed by atoms with Crippen LogP contribution >= 0.6 is 0 Å². The van der Waals surface area contributed by atoms with Crippen molar-refractivity contribution in [1.29, 1.82) is 0 Å². The summed E-state index contributed by atoms with van der Waals surface area (Å²) in [6.07, 6.45) is 2.09. The van der Waals surface area contributed by atoms with Crippen molar-refractivity contribution in [3.8, 4) is 11.5 Å². The van der Waals surface area contributed by atoms with Crippen LogP contribution in [0, 0.1) is 12.7 Å². The number of aromatic nitrogens is 3. The summed E-state index contributed by atoms with van der Waals surface area (Å²) in [5, 5.41) is 12.1. The zero-order valence-corrected chi connectivity index (χ0v) is 13.3. The summed E-state index contributed by atoms with van der Waals surface area (Å²) in [5.41, 5.74) is 1.46. The van der Waals surface area contributed by atoms with Crippen LogP contribution in [0.25, 0.3) is 11.5 Å². The predicted octanol–water partition coefficient (Wildman–Crippen LogP) is 3.51. The number of aryl methyl sites for hydroxylation is 1. The highest BCUT2D eigenvalue weighted by Crippen LogP contribution is 2.33. The summed E-state index contributed by atoms with van der Waals surface area (Å²) >= 11 is 0. The van der Waals surface area contributed by atoms with Crippen LogP contribution in [-0.2, 0) is 6.54 Å². The van der Waals surface area contributed by atoms with Gasteiger partial charge < -0.3 is 8.94 Å². The molecule has 1 unspecified atom stereocenters. The molecule has 1 atom stereocenters. The molecule has 0 N–H and O–H groups in total. The lowest BCUT2D eigenvalue weighted by Crippen LogP contribution is -2.22. The van der Waals surface area contributed by atoms with E-state index >= 15 is 0 Å². The van der Waals surface area contributed by atoms with Crippen LogP contribution in [0.5, 0.6) is 0 Å². The summed E-state index contributed by atoms with van der Waals surface area (Å²) in [7, 11) is 0. The smallest absolute Gasteiger partial charge is 0.247 e. The zero-order chi connectivity index (χ0) is 16.5. The molecule has 0 amide bonds. The third-order valence-corrected chi connectivity index (χ3v) is 4.22. The fraction of sp³-hybridized carbons (Fsp3) is 0.353. The molecule has 2 aromatic heterocycles. The second kappa shape index (κ2) is 6.16. The Balaban J connectivity index is 1.51. The van der Waals surface area contributed by atoms with Gasteiger partial charge in [-0.1, -0.05) is 11.2 Å². The third kappa shape index (κ3) is 2.94. The van der Waals surface area contributed by atoms with Crippen molar-refractivity contribution in [2.24, 2.45) is 0 Å². The van der Waals surface area contributed by atoms with Gasteiger partial charge in [0.1, 0.15) is 5.82 Å². The van der Waals surface area contributed by atoms with Gasteiger partial charge in [0, 0.05) is 11.6 Å². The van der Waals surface area contributed by atoms with Gasteiger partial charge in [-0.3, -0.25) is 4.90 Å². The van der Waals surface area contributed by atoms with Crippen LogP contribution in [0.4, 0.5) is 4.39 Å². The van der Waals surface area contributed by atoms with Gasteiger partial charge in [-0.15, -0.1) is 10.2 Å². The SMILES string of the molecule is Cc1cc(C2CCCN2Cc2nnc(-c3cccc(F)c3)o2)on1. The molecular weight excluding hydrogens is 311 g/mol. The van der Waals surface area contributed by atoms with Gasteiger partial charge in [0.15, 0.2) is 5.76 Å². The second-order valence-electron chi connectivity index (χ2n) is 6.01. The summed E-state index contributed by atoms with van der Waals surface area (Å²) < 4.78 is 24.4. The van der Waals surface area contributed by atoms with E-state index in [0.717, 1.165) is 30.8 Å². The van der Waals surface area contributed by atoms with Crippen molar-refractivity contribution in [3.63, 3.8) is 0 Å². The maximum atomic E-state index is 13.3. The number of benzene rings is 1. The van der Waals surface area contributed by atoms with E-state index in [1.807, 2.05) is 13.0 Å². The van der Waals surface area contributed by atoms with Crippen LogP contribution < -0.4 is 0 Å². The van der Waals surface area contributed by atoms with E-state index in [0.29, 0.717) is 23.9 Å². The van der Waals surface area contributed by atoms with Crippen molar-refractivity contribution in [2.75, 3.05) is 6.54 Å². The first-order valence-corrected chi connectivity index (χ1v) is 7.94. The maximum absolute atomic E-state index is 13.3. The maximum Gasteiger partial charge on any atom is 0.247 e. The molecule has 0 saturated carbocycles. The van der Waals surface area contributed by atoms with Crippen molar-refractivity contribution < 1.29 is 13.3 Å². The molecule has 1 fully saturated rings. The van der Waals surface area contributed by atoms with Gasteiger partial charge in [0.25, 0.3) is 0 Å². The standard InChI is InChI=1S/C17H17FN4O2/c1-11-8-15(24-21-11)14-6-3-7-22(14)10-16-19-20-17(23-16)12-4-2-5-13(18)9-12/h2,4-5,8-9,14H,3,6-7,10H2,1H3. The molecule has 3 heterocycles. The highest BCUT2D eigenvalue weighted by molar-refractivity contribution is 5.52. The van der Waals surface area contributed by atoms with Gasteiger partial charge in [-0.25, -0.2) is 4.39 Å². The summed E-state index contributed by atoms with van der Waals surface area (Å²) in [4.78, 5) is 2.24. The first-order valence-electron chi connectivity index (χ1n) is 7.94. The molecule has 6 nitrogen and oxygen atoms in total. The highest BCUT2D eigenvalue weighted by Gasteiger charge is 2.30. The van der Waals surface area contributed by atoms with E-state index in [4.69, 9.17) is 8.94 Å². The van der Waals surface area contributed by atoms with Crippen molar-refractivity contribution >= 4 is 0 Å². The fourth-order valence-electron chi connectivity index (χ4n) is 3.11. The lowest BCUT2D eigenvalue weighted by atomic mass is 10.1. The van der Waals surface area contributed by atoms with Gasteiger partial charge >= 0.3 is 0 Å². The highest BCUT2D eigenvalue weighted by atomic mass is 19.1. The Bertz CT molecular complexity index is 844. The molecule has 1 aromatic carbocycles. The first kappa shape index (κ1) is 15.0. The zero-order valence-electron chi connectivity index (χ0n) is 13.3. The lowest BCUT2D eigenvalue weighted by Gasteiger charge is -2.19. The Morgan fingerprint density at radius 1 is 1.29 bits per heavy atom. The van der Waals surface area contributed by atoms with Crippen molar-refractivity contribution in [1.82, 2.24) is 20.3 Å². The quantitative estimate of drug-likeness (QED) is 0.730. The first-order chi connectivity index (χ1) is 11.7. The molecule has 24 heavy (non-hydrogen) atoms. The van der Waals surface area contributed by atoms with E-state index in [9.17, 15) is 4.39 Å². The molecule has 3 aromatic rings. The lowest BCUT2D eigenvalue weighted by molar-refractivity contribution is 0.190. The van der Waals surface area contributed by atoms with Crippen molar-refractivity contribution in [2.45, 2.75) is 32.4 Å². The number of likely N-dealkylation sites (tertiary alicyclic amines) is 1.